The standard InChI is InChI=1S/C12H16FN3O2/c13-9-3-1-4-10(9)15-11(17)8-7-14-16-5-2-6-18-12(8)16/h7,9-10H,1-6H2,(H,15,17)/t9-,10-/m1/s1. The SMILES string of the molecule is O=C(N[C@@H]1CCC[C@H]1F)c1cnn2c1OCCC2. The molecule has 1 aromatic heterocycles. The molecule has 1 amide bonds. The number of hydrogen-bond acceptors (Lipinski definition) is 3. The molecular weight excluding hydrogens is 237 g/mol. The van der Waals surface area contributed by atoms with Crippen molar-refractivity contribution in [2.24, 2.45) is 0 Å². The molecule has 1 fully saturated rings. The van der Waals surface area contributed by atoms with Crippen LogP contribution in [0.5, 0.6) is 5.88 Å². The number of rotatable bonds is 2. The average Bonchev–Trinajstić information content (AvgIpc) is 2.96. The highest BCUT2D eigenvalue weighted by Gasteiger charge is 2.30. The van der Waals surface area contributed by atoms with Crippen LogP contribution in [0.1, 0.15) is 36.0 Å². The summed E-state index contributed by atoms with van der Waals surface area (Å²) in [6.07, 6.45) is 3.53. The summed E-state index contributed by atoms with van der Waals surface area (Å²) in [4.78, 5) is 12.1. The van der Waals surface area contributed by atoms with Gasteiger partial charge >= 0.3 is 0 Å². The minimum Gasteiger partial charge on any atom is -0.477 e. The summed E-state index contributed by atoms with van der Waals surface area (Å²) in [5.74, 6) is 0.222. The van der Waals surface area contributed by atoms with Crippen molar-refractivity contribution in [1.82, 2.24) is 15.1 Å². The number of carbonyl (C=O) groups excluding carboxylic acids is 1. The van der Waals surface area contributed by atoms with Crippen LogP contribution in [0.15, 0.2) is 6.20 Å². The number of halogens is 1. The predicted molar refractivity (Wildman–Crippen MR) is 62.3 cm³/mol. The Hall–Kier alpha value is -1.59. The number of alkyl halides is 1. The largest absolute Gasteiger partial charge is 0.477 e. The lowest BCUT2D eigenvalue weighted by molar-refractivity contribution is 0.0912. The number of carbonyl (C=O) groups is 1. The molecule has 0 aromatic carbocycles. The van der Waals surface area contributed by atoms with Crippen molar-refractivity contribution in [2.45, 2.75) is 44.4 Å². The fourth-order valence-corrected chi connectivity index (χ4v) is 2.55. The number of ether oxygens (including phenoxy) is 1. The summed E-state index contributed by atoms with van der Waals surface area (Å²) >= 11 is 0. The number of aryl methyl sites for hydroxylation is 1. The van der Waals surface area contributed by atoms with Crippen molar-refractivity contribution in [1.29, 1.82) is 0 Å². The third-order valence-corrected chi connectivity index (χ3v) is 3.54. The van der Waals surface area contributed by atoms with Crippen molar-refractivity contribution in [3.8, 4) is 5.88 Å². The van der Waals surface area contributed by atoms with Crippen LogP contribution in [0.2, 0.25) is 0 Å². The van der Waals surface area contributed by atoms with E-state index in [-0.39, 0.29) is 11.9 Å². The third kappa shape index (κ3) is 1.95. The van der Waals surface area contributed by atoms with Crippen LogP contribution in [0.25, 0.3) is 0 Å². The van der Waals surface area contributed by atoms with E-state index < -0.39 is 6.17 Å². The van der Waals surface area contributed by atoms with Crippen LogP contribution >= 0.6 is 0 Å². The number of amides is 1. The van der Waals surface area contributed by atoms with Gasteiger partial charge in [0.15, 0.2) is 0 Å². The minimum absolute atomic E-state index is 0.285. The molecule has 1 N–H and O–H groups in total. The molecule has 0 spiro atoms. The van der Waals surface area contributed by atoms with Crippen molar-refractivity contribution in [3.63, 3.8) is 0 Å². The monoisotopic (exact) mass is 253 g/mol. The Morgan fingerprint density at radius 3 is 3.17 bits per heavy atom. The lowest BCUT2D eigenvalue weighted by Crippen LogP contribution is -2.38. The first-order valence-corrected chi connectivity index (χ1v) is 6.39. The molecule has 1 saturated carbocycles. The van der Waals surface area contributed by atoms with Gasteiger partial charge in [-0.2, -0.15) is 5.10 Å². The van der Waals surface area contributed by atoms with Gasteiger partial charge in [0.25, 0.3) is 5.91 Å². The molecule has 2 heterocycles. The molecule has 0 bridgehead atoms. The Morgan fingerprint density at radius 1 is 1.50 bits per heavy atom. The fraction of sp³-hybridized carbons (Fsp3) is 0.667. The zero-order chi connectivity index (χ0) is 12.5. The van der Waals surface area contributed by atoms with Gasteiger partial charge < -0.3 is 10.1 Å². The molecule has 2 atom stereocenters. The average molecular weight is 253 g/mol. The van der Waals surface area contributed by atoms with Gasteiger partial charge in [-0.3, -0.25) is 4.79 Å². The molecule has 2 aliphatic rings. The lowest BCUT2D eigenvalue weighted by Gasteiger charge is -2.17. The summed E-state index contributed by atoms with van der Waals surface area (Å²) in [7, 11) is 0. The van der Waals surface area contributed by atoms with E-state index in [9.17, 15) is 9.18 Å². The molecule has 5 nitrogen and oxygen atoms in total. The maximum absolute atomic E-state index is 13.5. The maximum Gasteiger partial charge on any atom is 0.258 e. The van der Waals surface area contributed by atoms with Gasteiger partial charge in [0.2, 0.25) is 5.88 Å². The van der Waals surface area contributed by atoms with Crippen molar-refractivity contribution in [2.75, 3.05) is 6.61 Å². The molecule has 0 radical (unpaired) electrons. The first-order chi connectivity index (χ1) is 8.75. The van der Waals surface area contributed by atoms with Crippen LogP contribution in [-0.2, 0) is 6.54 Å². The van der Waals surface area contributed by atoms with Crippen LogP contribution in [0, 0.1) is 0 Å². The molecule has 0 unspecified atom stereocenters. The Morgan fingerprint density at radius 2 is 2.39 bits per heavy atom. The molecule has 0 saturated heterocycles. The lowest BCUT2D eigenvalue weighted by atomic mass is 10.2. The topological polar surface area (TPSA) is 56.2 Å². The number of nitrogens with one attached hydrogen (secondary N) is 1. The van der Waals surface area contributed by atoms with Gasteiger partial charge in [0.05, 0.1) is 18.8 Å². The summed E-state index contributed by atoms with van der Waals surface area (Å²) in [5.41, 5.74) is 0.411. The van der Waals surface area contributed by atoms with Gasteiger partial charge in [-0.1, -0.05) is 0 Å². The first kappa shape index (κ1) is 11.5. The quantitative estimate of drug-likeness (QED) is 0.864. The number of fused-ring (bicyclic) bond motifs is 1. The zero-order valence-corrected chi connectivity index (χ0v) is 10.1. The highest BCUT2D eigenvalue weighted by molar-refractivity contribution is 5.96. The molecule has 1 aliphatic heterocycles. The highest BCUT2D eigenvalue weighted by Crippen LogP contribution is 2.25. The smallest absolute Gasteiger partial charge is 0.258 e. The van der Waals surface area contributed by atoms with Crippen molar-refractivity contribution < 1.29 is 13.9 Å². The van der Waals surface area contributed by atoms with Crippen LogP contribution in [0.4, 0.5) is 4.39 Å². The molecule has 6 heteroatoms. The molecule has 18 heavy (non-hydrogen) atoms. The molecular formula is C12H16FN3O2. The van der Waals surface area contributed by atoms with Gasteiger partial charge in [-0.05, 0) is 19.3 Å². The molecule has 1 aliphatic carbocycles. The normalized spacial score (nSPS) is 26.5. The highest BCUT2D eigenvalue weighted by atomic mass is 19.1. The zero-order valence-electron chi connectivity index (χ0n) is 10.1. The van der Waals surface area contributed by atoms with Gasteiger partial charge in [-0.25, -0.2) is 9.07 Å². The predicted octanol–water partition coefficient (Wildman–Crippen LogP) is 1.29. The van der Waals surface area contributed by atoms with Crippen molar-refractivity contribution in [3.05, 3.63) is 11.8 Å². The van der Waals surface area contributed by atoms with E-state index >= 15 is 0 Å². The fourth-order valence-electron chi connectivity index (χ4n) is 2.55. The third-order valence-electron chi connectivity index (χ3n) is 3.54. The second-order valence-corrected chi connectivity index (χ2v) is 4.82. The summed E-state index contributed by atoms with van der Waals surface area (Å²) < 4.78 is 20.6. The maximum atomic E-state index is 13.5. The van der Waals surface area contributed by atoms with Crippen LogP contribution in [0.3, 0.4) is 0 Å². The van der Waals surface area contributed by atoms with Gasteiger partial charge in [-0.15, -0.1) is 0 Å². The Kier molecular flexibility index (Phi) is 2.93. The second kappa shape index (κ2) is 4.59. The van der Waals surface area contributed by atoms with Crippen molar-refractivity contribution >= 4 is 5.91 Å². The molecule has 98 valence electrons. The van der Waals surface area contributed by atoms with Crippen LogP contribution in [-0.4, -0.2) is 34.5 Å². The van der Waals surface area contributed by atoms with E-state index in [1.54, 1.807) is 4.68 Å². The Balaban J connectivity index is 1.74. The van der Waals surface area contributed by atoms with E-state index in [1.807, 2.05) is 0 Å². The number of nitrogens with zero attached hydrogens (tertiary/aromatic N) is 2. The Labute approximate surface area is 104 Å². The Bertz CT molecular complexity index is 460. The molecule has 3 rings (SSSR count). The van der Waals surface area contributed by atoms with Gasteiger partial charge in [0, 0.05) is 13.0 Å². The van der Waals surface area contributed by atoms with E-state index in [0.29, 0.717) is 30.9 Å². The minimum atomic E-state index is -0.929. The molecule has 1 aromatic rings. The summed E-state index contributed by atoms with van der Waals surface area (Å²) in [6.45, 7) is 1.36. The van der Waals surface area contributed by atoms with E-state index in [4.69, 9.17) is 4.74 Å². The summed E-state index contributed by atoms with van der Waals surface area (Å²) in [6, 6.07) is -0.364. The van der Waals surface area contributed by atoms with Crippen LogP contribution < -0.4 is 10.1 Å². The van der Waals surface area contributed by atoms with E-state index in [0.717, 1.165) is 19.4 Å². The van der Waals surface area contributed by atoms with Gasteiger partial charge in [0.1, 0.15) is 11.7 Å². The summed E-state index contributed by atoms with van der Waals surface area (Å²) in [5, 5.41) is 6.84. The second-order valence-electron chi connectivity index (χ2n) is 4.82. The first-order valence-electron chi connectivity index (χ1n) is 6.39. The number of hydrogen-bond donors (Lipinski definition) is 1. The van der Waals surface area contributed by atoms with E-state index in [2.05, 4.69) is 10.4 Å². The van der Waals surface area contributed by atoms with E-state index in [1.165, 1.54) is 6.20 Å². The number of aromatic nitrogens is 2.